The first kappa shape index (κ1) is 22.7. The summed E-state index contributed by atoms with van der Waals surface area (Å²) < 4.78 is 6.56. The minimum atomic E-state index is -0.371. The van der Waals surface area contributed by atoms with Gasteiger partial charge in [0.1, 0.15) is 18.2 Å². The monoisotopic (exact) mass is 503 g/mol. The highest BCUT2D eigenvalue weighted by molar-refractivity contribution is 7.18. The Morgan fingerprint density at radius 3 is 2.88 bits per heavy atom. The number of halogens is 2. The zero-order chi connectivity index (χ0) is 23.1. The van der Waals surface area contributed by atoms with Gasteiger partial charge in [-0.15, -0.1) is 11.3 Å². The standard InChI is InChI=1S/C24H23Cl2N3O3S/c1-12-6-15(8-19(12)30)29-24-18(10-27-11-28-24)21(31)20-9-17(23(26)33-20)22-16-7-14(25)3-2-13(16)4-5-32-22/h2-3,7,9-12,15,19,22,30H,4-6,8H2,1H3,(H,27,28,29)/t12-,15-,19+,22-/m1/s1. The van der Waals surface area contributed by atoms with Crippen molar-refractivity contribution < 1.29 is 14.6 Å². The molecule has 0 radical (unpaired) electrons. The summed E-state index contributed by atoms with van der Waals surface area (Å²) in [5, 5.41) is 14.0. The van der Waals surface area contributed by atoms with Crippen LogP contribution in [0.5, 0.6) is 0 Å². The molecule has 9 heteroatoms. The SMILES string of the molecule is C[C@@H]1C[C@@H](Nc2ncncc2C(=O)c2cc([C@@H]3OCCc4ccc(Cl)cc43)c(Cl)s2)C[C@@H]1O. The Bertz CT molecular complexity index is 1190. The maximum atomic E-state index is 13.4. The normalized spacial score (nSPS) is 24.5. The Morgan fingerprint density at radius 1 is 1.24 bits per heavy atom. The van der Waals surface area contributed by atoms with E-state index < -0.39 is 0 Å². The van der Waals surface area contributed by atoms with Crippen LogP contribution in [-0.2, 0) is 11.2 Å². The third-order valence-corrected chi connectivity index (χ3v) is 8.03. The largest absolute Gasteiger partial charge is 0.393 e. The van der Waals surface area contributed by atoms with Crippen LogP contribution in [0.15, 0.2) is 36.8 Å². The summed E-state index contributed by atoms with van der Waals surface area (Å²) >= 11 is 14.1. The molecule has 33 heavy (non-hydrogen) atoms. The van der Waals surface area contributed by atoms with E-state index in [2.05, 4.69) is 15.3 Å². The van der Waals surface area contributed by atoms with Crippen LogP contribution in [0.25, 0.3) is 0 Å². The van der Waals surface area contributed by atoms with Crippen molar-refractivity contribution in [3.8, 4) is 0 Å². The molecule has 3 aromatic rings. The number of benzene rings is 1. The molecule has 0 amide bonds. The van der Waals surface area contributed by atoms with Gasteiger partial charge in [0.2, 0.25) is 5.78 Å². The van der Waals surface area contributed by atoms with Crippen LogP contribution >= 0.6 is 34.5 Å². The number of ether oxygens (including phenoxy) is 1. The Kier molecular flexibility index (Phi) is 6.42. The van der Waals surface area contributed by atoms with E-state index in [0.29, 0.717) is 38.6 Å². The molecule has 2 N–H and O–H groups in total. The summed E-state index contributed by atoms with van der Waals surface area (Å²) in [7, 11) is 0. The molecule has 0 unspecified atom stereocenters. The molecule has 6 nitrogen and oxygen atoms in total. The van der Waals surface area contributed by atoms with E-state index in [1.165, 1.54) is 29.4 Å². The number of nitrogens with zero attached hydrogens (tertiary/aromatic N) is 2. The molecule has 1 fully saturated rings. The van der Waals surface area contributed by atoms with Crippen LogP contribution in [0.1, 0.15) is 57.8 Å². The maximum Gasteiger partial charge on any atom is 0.208 e. The molecule has 5 rings (SSSR count). The number of aliphatic hydroxyl groups excluding tert-OH is 1. The lowest BCUT2D eigenvalue weighted by molar-refractivity contribution is 0.0701. The predicted molar refractivity (Wildman–Crippen MR) is 130 cm³/mol. The molecule has 2 aromatic heterocycles. The Hall–Kier alpha value is -2.03. The third-order valence-electron chi connectivity index (χ3n) is 6.40. The van der Waals surface area contributed by atoms with E-state index in [4.69, 9.17) is 27.9 Å². The zero-order valence-electron chi connectivity index (χ0n) is 17.9. The van der Waals surface area contributed by atoms with E-state index in [0.717, 1.165) is 24.0 Å². The minimum Gasteiger partial charge on any atom is -0.393 e. The number of thiophene rings is 1. The van der Waals surface area contributed by atoms with Gasteiger partial charge in [0.05, 0.1) is 27.5 Å². The molecular formula is C24H23Cl2N3O3S. The third kappa shape index (κ3) is 4.53. The van der Waals surface area contributed by atoms with Crippen molar-refractivity contribution in [2.75, 3.05) is 11.9 Å². The second kappa shape index (κ2) is 9.31. The van der Waals surface area contributed by atoms with Gasteiger partial charge in [0, 0.05) is 22.8 Å². The van der Waals surface area contributed by atoms with Crippen LogP contribution in [0.3, 0.4) is 0 Å². The summed E-state index contributed by atoms with van der Waals surface area (Å²) in [6.07, 6.45) is 4.45. The number of rotatable bonds is 5. The first-order valence-corrected chi connectivity index (χ1v) is 12.5. The molecule has 1 aromatic carbocycles. The highest BCUT2D eigenvalue weighted by Gasteiger charge is 2.32. The predicted octanol–water partition coefficient (Wildman–Crippen LogP) is 5.31. The van der Waals surface area contributed by atoms with E-state index in [-0.39, 0.29) is 30.0 Å². The minimum absolute atomic E-state index is 0.0517. The second-order valence-corrected chi connectivity index (χ2v) is 10.7. The van der Waals surface area contributed by atoms with E-state index >= 15 is 0 Å². The molecule has 0 spiro atoms. The van der Waals surface area contributed by atoms with Crippen LogP contribution in [0.2, 0.25) is 9.36 Å². The summed E-state index contributed by atoms with van der Waals surface area (Å²) in [6, 6.07) is 7.64. The van der Waals surface area contributed by atoms with Crippen molar-refractivity contribution in [1.82, 2.24) is 9.97 Å². The zero-order valence-corrected chi connectivity index (χ0v) is 20.3. The van der Waals surface area contributed by atoms with Gasteiger partial charge >= 0.3 is 0 Å². The molecule has 172 valence electrons. The van der Waals surface area contributed by atoms with Gasteiger partial charge in [-0.1, -0.05) is 36.2 Å². The smallest absolute Gasteiger partial charge is 0.208 e. The van der Waals surface area contributed by atoms with E-state index in [1.54, 1.807) is 6.07 Å². The van der Waals surface area contributed by atoms with Crippen molar-refractivity contribution in [3.63, 3.8) is 0 Å². The highest BCUT2D eigenvalue weighted by Crippen LogP contribution is 2.41. The van der Waals surface area contributed by atoms with Gasteiger partial charge in [0.25, 0.3) is 0 Å². The number of hydrogen-bond donors (Lipinski definition) is 2. The molecule has 0 bridgehead atoms. The van der Waals surface area contributed by atoms with E-state index in [1.807, 2.05) is 25.1 Å². The van der Waals surface area contributed by atoms with Gasteiger partial charge in [-0.25, -0.2) is 9.97 Å². The van der Waals surface area contributed by atoms with Crippen molar-refractivity contribution in [2.24, 2.45) is 5.92 Å². The number of carbonyl (C=O) groups is 1. The van der Waals surface area contributed by atoms with Crippen LogP contribution < -0.4 is 5.32 Å². The number of aliphatic hydroxyl groups is 1. The van der Waals surface area contributed by atoms with Crippen molar-refractivity contribution in [2.45, 2.75) is 44.4 Å². The Balaban J connectivity index is 1.43. The van der Waals surface area contributed by atoms with Crippen molar-refractivity contribution in [1.29, 1.82) is 0 Å². The van der Waals surface area contributed by atoms with Crippen molar-refractivity contribution >= 4 is 46.1 Å². The number of ketones is 1. The summed E-state index contributed by atoms with van der Waals surface area (Å²) in [6.45, 7) is 2.59. The fourth-order valence-electron chi connectivity index (χ4n) is 4.63. The molecule has 3 heterocycles. The van der Waals surface area contributed by atoms with Gasteiger partial charge in [-0.3, -0.25) is 4.79 Å². The molecule has 1 saturated carbocycles. The average molecular weight is 504 g/mol. The topological polar surface area (TPSA) is 84.3 Å². The van der Waals surface area contributed by atoms with Gasteiger partial charge in [-0.05, 0) is 54.5 Å². The van der Waals surface area contributed by atoms with E-state index in [9.17, 15) is 9.90 Å². The molecule has 4 atom stereocenters. The quantitative estimate of drug-likeness (QED) is 0.459. The van der Waals surface area contributed by atoms with Gasteiger partial charge in [0.15, 0.2) is 0 Å². The molecule has 0 saturated heterocycles. The summed E-state index contributed by atoms with van der Waals surface area (Å²) in [5.41, 5.74) is 3.28. The Morgan fingerprint density at radius 2 is 2.09 bits per heavy atom. The molecule has 2 aliphatic rings. The first-order chi connectivity index (χ1) is 15.9. The number of hydrogen-bond acceptors (Lipinski definition) is 7. The Labute approximate surface area is 205 Å². The number of nitrogens with one attached hydrogen (secondary N) is 1. The average Bonchev–Trinajstić information content (AvgIpc) is 3.34. The van der Waals surface area contributed by atoms with Crippen LogP contribution in [0.4, 0.5) is 5.82 Å². The van der Waals surface area contributed by atoms with Crippen LogP contribution in [-0.4, -0.2) is 39.6 Å². The number of aromatic nitrogens is 2. The molecule has 1 aliphatic carbocycles. The first-order valence-electron chi connectivity index (χ1n) is 10.9. The lowest BCUT2D eigenvalue weighted by Crippen LogP contribution is -2.20. The highest BCUT2D eigenvalue weighted by atomic mass is 35.5. The maximum absolute atomic E-state index is 13.4. The summed E-state index contributed by atoms with van der Waals surface area (Å²) in [5.74, 6) is 0.470. The van der Waals surface area contributed by atoms with Crippen LogP contribution in [0, 0.1) is 5.92 Å². The fraction of sp³-hybridized carbons (Fsp3) is 0.375. The lowest BCUT2D eigenvalue weighted by atomic mass is 9.94. The molecule has 1 aliphatic heterocycles. The number of carbonyl (C=O) groups excluding carboxylic acids is 1. The van der Waals surface area contributed by atoms with Gasteiger partial charge < -0.3 is 15.2 Å². The molecular weight excluding hydrogens is 481 g/mol. The lowest BCUT2D eigenvalue weighted by Gasteiger charge is -2.26. The number of anilines is 1. The fourth-order valence-corrected chi connectivity index (χ4v) is 6.07. The van der Waals surface area contributed by atoms with Crippen molar-refractivity contribution in [3.05, 3.63) is 73.3 Å². The number of fused-ring (bicyclic) bond motifs is 1. The van der Waals surface area contributed by atoms with Gasteiger partial charge in [-0.2, -0.15) is 0 Å². The second-order valence-electron chi connectivity index (χ2n) is 8.66. The summed E-state index contributed by atoms with van der Waals surface area (Å²) in [4.78, 5) is 22.3.